The summed E-state index contributed by atoms with van der Waals surface area (Å²) < 4.78 is 22.7. The number of amides is 2. The zero-order valence-electron chi connectivity index (χ0n) is 11.6. The molecule has 0 aromatic heterocycles. The van der Waals surface area contributed by atoms with Crippen molar-refractivity contribution >= 4 is 17.8 Å². The molecule has 21 heavy (non-hydrogen) atoms. The van der Waals surface area contributed by atoms with Crippen LogP contribution >= 0.6 is 0 Å². The number of quaternary nitrogens is 1. The number of halogens is 1. The summed E-state index contributed by atoms with van der Waals surface area (Å²) in [5.74, 6) is -2.10. The highest BCUT2D eigenvalue weighted by molar-refractivity contribution is 5.99. The molecule has 0 radical (unpaired) electrons. The molecular weight excluding hydrogens is 281 g/mol. The lowest BCUT2D eigenvalue weighted by Crippen LogP contribution is -2.53. The molecule has 0 aliphatic carbocycles. The van der Waals surface area contributed by atoms with Crippen LogP contribution in [0.3, 0.4) is 0 Å². The molecule has 2 heterocycles. The summed E-state index contributed by atoms with van der Waals surface area (Å²) in [4.78, 5) is 26.7. The largest absolute Gasteiger partial charge is 0.458 e. The van der Waals surface area contributed by atoms with Crippen LogP contribution in [-0.2, 0) is 14.3 Å². The predicted octanol–water partition coefficient (Wildman–Crippen LogP) is 0.969. The Bertz CT molecular complexity index is 546. The van der Waals surface area contributed by atoms with E-state index in [4.69, 9.17) is 15.2 Å². The molecule has 0 aromatic rings. The van der Waals surface area contributed by atoms with E-state index < -0.39 is 30.2 Å². The second-order valence-corrected chi connectivity index (χ2v) is 5.08. The van der Waals surface area contributed by atoms with E-state index in [1.54, 1.807) is 19.3 Å². The summed E-state index contributed by atoms with van der Waals surface area (Å²) in [5.41, 5.74) is 5.47. The van der Waals surface area contributed by atoms with Crippen LogP contribution < -0.4 is 5.73 Å². The Morgan fingerprint density at radius 3 is 3.00 bits per heavy atom. The van der Waals surface area contributed by atoms with Crippen LogP contribution in [0.15, 0.2) is 29.7 Å². The molecule has 2 rings (SSSR count). The fourth-order valence-electron chi connectivity index (χ4n) is 2.22. The molecule has 1 fully saturated rings. The number of hydrogen-bond acceptors (Lipinski definition) is 5. The molecule has 1 saturated heterocycles. The maximum absolute atomic E-state index is 12.5. The Hall–Kier alpha value is -2.06. The summed E-state index contributed by atoms with van der Waals surface area (Å²) in [7, 11) is 1.66. The van der Waals surface area contributed by atoms with E-state index in [-0.39, 0.29) is 16.9 Å². The molecule has 2 aliphatic heterocycles. The summed E-state index contributed by atoms with van der Waals surface area (Å²) in [5, 5.41) is 0. The second-order valence-electron chi connectivity index (χ2n) is 5.08. The van der Waals surface area contributed by atoms with Crippen molar-refractivity contribution in [1.82, 2.24) is 0 Å². The first-order chi connectivity index (χ1) is 9.83. The third-order valence-electron chi connectivity index (χ3n) is 3.50. The van der Waals surface area contributed by atoms with Crippen molar-refractivity contribution in [1.29, 1.82) is 0 Å². The number of esters is 1. The summed E-state index contributed by atoms with van der Waals surface area (Å²) in [6.45, 7) is 2.77. The number of rotatable bonds is 4. The van der Waals surface area contributed by atoms with E-state index in [2.05, 4.69) is 11.6 Å². The Kier molecular flexibility index (Phi) is 4.19. The third-order valence-corrected chi connectivity index (χ3v) is 3.50. The lowest BCUT2D eigenvalue weighted by atomic mass is 10.2. The molecule has 3 atom stereocenters. The first kappa shape index (κ1) is 15.3. The van der Waals surface area contributed by atoms with Gasteiger partial charge in [-0.3, -0.25) is 0 Å². The molecule has 0 saturated carbocycles. The van der Waals surface area contributed by atoms with Crippen molar-refractivity contribution < 1.29 is 27.9 Å². The molecule has 0 spiro atoms. The van der Waals surface area contributed by atoms with E-state index in [1.165, 1.54) is 0 Å². The van der Waals surface area contributed by atoms with Gasteiger partial charge in [0.15, 0.2) is 0 Å². The SMILES string of the molecule is C=C(F)C(=O)OCC1CCC([N+]2(C)C=CC(N)=NC2=O)O1. The van der Waals surface area contributed by atoms with Gasteiger partial charge in [-0.25, -0.2) is 9.59 Å². The standard InChI is InChI=1S/C13H16FN3O4/c1-8(14)12(18)20-7-9-3-4-11(21-9)17(2)6-5-10(15)16-13(17)19/h5-6,9,11H,1,3-4,7H2,2H3,(H-,15,16,19)/p+1. The molecule has 0 bridgehead atoms. The smallest absolute Gasteiger partial charge is 0.451 e. The van der Waals surface area contributed by atoms with Gasteiger partial charge in [-0.05, 0) is 6.42 Å². The van der Waals surface area contributed by atoms with Gasteiger partial charge >= 0.3 is 12.0 Å². The predicted molar refractivity (Wildman–Crippen MR) is 71.4 cm³/mol. The maximum atomic E-state index is 12.5. The van der Waals surface area contributed by atoms with E-state index in [9.17, 15) is 14.0 Å². The number of aliphatic imine (C=N–C) groups is 1. The molecule has 2 aliphatic rings. The quantitative estimate of drug-likeness (QED) is 0.474. The molecular formula is C13H17FN3O4+. The Labute approximate surface area is 121 Å². The van der Waals surface area contributed by atoms with E-state index in [0.29, 0.717) is 12.8 Å². The first-order valence-electron chi connectivity index (χ1n) is 6.43. The second kappa shape index (κ2) is 5.74. The highest BCUT2D eigenvalue weighted by atomic mass is 19.1. The van der Waals surface area contributed by atoms with Crippen molar-refractivity contribution in [2.45, 2.75) is 25.2 Å². The summed E-state index contributed by atoms with van der Waals surface area (Å²) in [6.07, 6.45) is 3.50. The number of urea groups is 1. The van der Waals surface area contributed by atoms with Crippen LogP contribution in [0.4, 0.5) is 9.18 Å². The fourth-order valence-corrected chi connectivity index (χ4v) is 2.22. The highest BCUT2D eigenvalue weighted by Crippen LogP contribution is 2.30. The van der Waals surface area contributed by atoms with Gasteiger partial charge in [0, 0.05) is 12.5 Å². The third kappa shape index (κ3) is 3.17. The minimum absolute atomic E-state index is 0.0818. The minimum atomic E-state index is -1.15. The topological polar surface area (TPSA) is 91.0 Å². The molecule has 8 heteroatoms. The van der Waals surface area contributed by atoms with Gasteiger partial charge in [0.1, 0.15) is 18.6 Å². The molecule has 2 N–H and O–H groups in total. The highest BCUT2D eigenvalue weighted by Gasteiger charge is 2.46. The van der Waals surface area contributed by atoms with Gasteiger partial charge in [-0.1, -0.05) is 6.58 Å². The Morgan fingerprint density at radius 1 is 1.67 bits per heavy atom. The summed E-state index contributed by atoms with van der Waals surface area (Å²) in [6, 6.07) is -0.421. The van der Waals surface area contributed by atoms with E-state index in [0.717, 1.165) is 0 Å². The van der Waals surface area contributed by atoms with Crippen LogP contribution in [-0.4, -0.2) is 48.3 Å². The molecule has 0 aromatic carbocycles. The van der Waals surface area contributed by atoms with Crippen molar-refractivity contribution in [2.75, 3.05) is 13.7 Å². The lowest BCUT2D eigenvalue weighted by Gasteiger charge is -2.32. The van der Waals surface area contributed by atoms with Gasteiger partial charge in [0.05, 0.1) is 13.2 Å². The Morgan fingerprint density at radius 2 is 2.38 bits per heavy atom. The number of carbonyl (C=O) groups excluding carboxylic acids is 2. The number of amidine groups is 1. The number of nitrogens with zero attached hydrogens (tertiary/aromatic N) is 2. The van der Waals surface area contributed by atoms with Crippen LogP contribution in [0.25, 0.3) is 0 Å². The molecule has 2 amide bonds. The zero-order valence-corrected chi connectivity index (χ0v) is 11.6. The number of ether oxygens (including phenoxy) is 2. The van der Waals surface area contributed by atoms with Crippen LogP contribution in [0.2, 0.25) is 0 Å². The first-order valence-corrected chi connectivity index (χ1v) is 6.43. The normalized spacial score (nSPS) is 31.9. The van der Waals surface area contributed by atoms with Crippen molar-refractivity contribution in [3.8, 4) is 0 Å². The molecule has 3 unspecified atom stereocenters. The lowest BCUT2D eigenvalue weighted by molar-refractivity contribution is -0.830. The number of carbonyl (C=O) groups is 2. The average molecular weight is 298 g/mol. The van der Waals surface area contributed by atoms with E-state index >= 15 is 0 Å². The van der Waals surface area contributed by atoms with Gasteiger partial charge < -0.3 is 15.2 Å². The van der Waals surface area contributed by atoms with Gasteiger partial charge in [-0.2, -0.15) is 8.87 Å². The molecule has 114 valence electrons. The monoisotopic (exact) mass is 298 g/mol. The van der Waals surface area contributed by atoms with Crippen molar-refractivity contribution in [3.05, 3.63) is 24.7 Å². The number of nitrogens with two attached hydrogens (primary N) is 1. The van der Waals surface area contributed by atoms with Crippen molar-refractivity contribution in [2.24, 2.45) is 10.7 Å². The fraction of sp³-hybridized carbons (Fsp3) is 0.462. The molecule has 7 nitrogen and oxygen atoms in total. The Balaban J connectivity index is 1.94. The van der Waals surface area contributed by atoms with Gasteiger partial charge in [-0.15, -0.1) is 4.99 Å². The van der Waals surface area contributed by atoms with Gasteiger partial charge in [0.25, 0.3) is 0 Å². The average Bonchev–Trinajstić information content (AvgIpc) is 2.90. The van der Waals surface area contributed by atoms with Crippen LogP contribution in [0, 0.1) is 0 Å². The van der Waals surface area contributed by atoms with Crippen LogP contribution in [0.5, 0.6) is 0 Å². The van der Waals surface area contributed by atoms with E-state index in [1.807, 2.05) is 0 Å². The van der Waals surface area contributed by atoms with Gasteiger partial charge in [0.2, 0.25) is 12.1 Å². The minimum Gasteiger partial charge on any atom is -0.458 e. The maximum Gasteiger partial charge on any atom is 0.451 e. The van der Waals surface area contributed by atoms with Crippen LogP contribution in [0.1, 0.15) is 12.8 Å². The summed E-state index contributed by atoms with van der Waals surface area (Å²) >= 11 is 0. The zero-order chi connectivity index (χ0) is 15.6. The van der Waals surface area contributed by atoms with Crippen molar-refractivity contribution in [3.63, 3.8) is 0 Å². The number of hydrogen-bond donors (Lipinski definition) is 1.